The standard InChI is InChI=1S/C18H24N2O5S/c1-19(2)26(23,24)13-8-9-15(20-10-3-4-11-20)14(12-13)18(22)25-17-7-5-6-16(17)21/h8-9,12,17H,3-7,10-11H2,1-2H3/t17-/m1/s1. The van der Waals surface area contributed by atoms with Crippen molar-refractivity contribution in [1.29, 1.82) is 0 Å². The third-order valence-corrected chi connectivity index (χ3v) is 6.72. The van der Waals surface area contributed by atoms with Crippen LogP contribution in [0.25, 0.3) is 0 Å². The Morgan fingerprint density at radius 3 is 2.46 bits per heavy atom. The fourth-order valence-electron chi connectivity index (χ4n) is 3.38. The molecule has 2 aliphatic rings. The van der Waals surface area contributed by atoms with Crippen LogP contribution in [0.15, 0.2) is 23.1 Å². The van der Waals surface area contributed by atoms with Crippen molar-refractivity contribution < 1.29 is 22.7 Å². The van der Waals surface area contributed by atoms with Crippen LogP contribution < -0.4 is 4.90 Å². The molecule has 8 heteroatoms. The first-order valence-corrected chi connectivity index (χ1v) is 10.3. The van der Waals surface area contributed by atoms with Gasteiger partial charge in [-0.2, -0.15) is 0 Å². The van der Waals surface area contributed by atoms with Gasteiger partial charge < -0.3 is 9.64 Å². The van der Waals surface area contributed by atoms with Crippen molar-refractivity contribution in [2.24, 2.45) is 0 Å². The minimum atomic E-state index is -3.67. The third kappa shape index (κ3) is 3.61. The fourth-order valence-corrected chi connectivity index (χ4v) is 4.31. The molecule has 1 atom stereocenters. The maximum absolute atomic E-state index is 12.8. The van der Waals surface area contributed by atoms with Gasteiger partial charge in [0.15, 0.2) is 11.9 Å². The number of hydrogen-bond donors (Lipinski definition) is 0. The number of anilines is 1. The minimum absolute atomic E-state index is 0.0372. The molecule has 0 unspecified atom stereocenters. The zero-order valence-corrected chi connectivity index (χ0v) is 15.9. The lowest BCUT2D eigenvalue weighted by Gasteiger charge is -2.22. The van der Waals surface area contributed by atoms with Gasteiger partial charge in [0, 0.05) is 33.6 Å². The molecule has 1 heterocycles. The normalized spacial score (nSPS) is 20.8. The number of Topliss-reactive ketones (excluding diaryl/α,β-unsaturated/α-hetero) is 1. The SMILES string of the molecule is CN(C)S(=O)(=O)c1ccc(N2CCCC2)c(C(=O)O[C@@H]2CCCC2=O)c1. The summed E-state index contributed by atoms with van der Waals surface area (Å²) >= 11 is 0. The Kier molecular flexibility index (Phi) is 5.34. The van der Waals surface area contributed by atoms with Crippen molar-refractivity contribution in [3.63, 3.8) is 0 Å². The van der Waals surface area contributed by atoms with Gasteiger partial charge in [0.05, 0.1) is 16.1 Å². The van der Waals surface area contributed by atoms with E-state index in [1.807, 2.05) is 0 Å². The summed E-state index contributed by atoms with van der Waals surface area (Å²) in [6.07, 6.45) is 2.99. The Balaban J connectivity index is 1.98. The maximum Gasteiger partial charge on any atom is 0.341 e. The first kappa shape index (κ1) is 18.8. The Labute approximate surface area is 154 Å². The second-order valence-electron chi connectivity index (χ2n) is 6.91. The van der Waals surface area contributed by atoms with E-state index in [0.717, 1.165) is 30.2 Å². The van der Waals surface area contributed by atoms with E-state index in [1.54, 1.807) is 6.07 Å². The monoisotopic (exact) mass is 380 g/mol. The molecule has 1 aliphatic carbocycles. The van der Waals surface area contributed by atoms with E-state index in [-0.39, 0.29) is 16.2 Å². The maximum atomic E-state index is 12.8. The van der Waals surface area contributed by atoms with E-state index in [9.17, 15) is 18.0 Å². The Morgan fingerprint density at radius 1 is 1.19 bits per heavy atom. The highest BCUT2D eigenvalue weighted by atomic mass is 32.2. The summed E-state index contributed by atoms with van der Waals surface area (Å²) in [7, 11) is -0.784. The number of hydrogen-bond acceptors (Lipinski definition) is 6. The molecule has 0 spiro atoms. The molecule has 7 nitrogen and oxygen atoms in total. The second-order valence-corrected chi connectivity index (χ2v) is 9.06. The zero-order valence-electron chi connectivity index (χ0n) is 15.1. The first-order chi connectivity index (χ1) is 12.3. The summed E-state index contributed by atoms with van der Waals surface area (Å²) < 4.78 is 31.4. The average molecular weight is 380 g/mol. The molecule has 0 radical (unpaired) electrons. The molecule has 26 heavy (non-hydrogen) atoms. The van der Waals surface area contributed by atoms with Crippen LogP contribution in [0.1, 0.15) is 42.5 Å². The topological polar surface area (TPSA) is 84.0 Å². The molecule has 3 rings (SSSR count). The van der Waals surface area contributed by atoms with Crippen molar-refractivity contribution in [2.45, 2.75) is 43.1 Å². The van der Waals surface area contributed by atoms with Gasteiger partial charge >= 0.3 is 5.97 Å². The van der Waals surface area contributed by atoms with Crippen LogP contribution in [0, 0.1) is 0 Å². The van der Waals surface area contributed by atoms with Crippen LogP contribution in [-0.4, -0.2) is 57.8 Å². The lowest BCUT2D eigenvalue weighted by molar-refractivity contribution is -0.124. The summed E-state index contributed by atoms with van der Waals surface area (Å²) in [6, 6.07) is 4.54. The van der Waals surface area contributed by atoms with Gasteiger partial charge in [-0.3, -0.25) is 4.79 Å². The van der Waals surface area contributed by atoms with Crippen LogP contribution in [0.4, 0.5) is 5.69 Å². The van der Waals surface area contributed by atoms with Crippen LogP contribution in [0.3, 0.4) is 0 Å². The Hall–Kier alpha value is -1.93. The molecule has 1 aromatic carbocycles. The Bertz CT molecular complexity index is 813. The van der Waals surface area contributed by atoms with Crippen LogP contribution in [0.2, 0.25) is 0 Å². The molecular weight excluding hydrogens is 356 g/mol. The molecule has 0 amide bonds. The van der Waals surface area contributed by atoms with Crippen LogP contribution in [-0.2, 0) is 19.6 Å². The average Bonchev–Trinajstić information content (AvgIpc) is 3.26. The van der Waals surface area contributed by atoms with E-state index in [2.05, 4.69) is 4.90 Å². The summed E-state index contributed by atoms with van der Waals surface area (Å²) in [5.74, 6) is -0.707. The molecule has 2 fully saturated rings. The van der Waals surface area contributed by atoms with Gasteiger partial charge in [-0.15, -0.1) is 0 Å². The number of benzene rings is 1. The number of ether oxygens (including phenoxy) is 1. The van der Waals surface area contributed by atoms with Gasteiger partial charge in [0.25, 0.3) is 0 Å². The second kappa shape index (κ2) is 7.36. The van der Waals surface area contributed by atoms with Crippen molar-refractivity contribution in [1.82, 2.24) is 4.31 Å². The molecule has 1 aromatic rings. The molecule has 142 valence electrons. The number of nitrogens with zero attached hydrogens (tertiary/aromatic N) is 2. The van der Waals surface area contributed by atoms with E-state index < -0.39 is 22.1 Å². The highest BCUT2D eigenvalue weighted by Crippen LogP contribution is 2.30. The predicted octanol–water partition coefficient (Wildman–Crippen LogP) is 1.82. The van der Waals surface area contributed by atoms with Gasteiger partial charge in [0.2, 0.25) is 10.0 Å². The minimum Gasteiger partial charge on any atom is -0.451 e. The van der Waals surface area contributed by atoms with Crippen LogP contribution in [0.5, 0.6) is 0 Å². The van der Waals surface area contributed by atoms with E-state index in [0.29, 0.717) is 24.9 Å². The summed E-state index contributed by atoms with van der Waals surface area (Å²) in [4.78, 5) is 26.7. The zero-order chi connectivity index (χ0) is 18.9. The van der Waals surface area contributed by atoms with E-state index in [1.165, 1.54) is 26.2 Å². The largest absolute Gasteiger partial charge is 0.451 e. The number of rotatable bonds is 5. The smallest absolute Gasteiger partial charge is 0.341 e. The quantitative estimate of drug-likeness (QED) is 0.725. The van der Waals surface area contributed by atoms with Gasteiger partial charge in [-0.25, -0.2) is 17.5 Å². The number of carbonyl (C=O) groups excluding carboxylic acids is 2. The number of esters is 1. The van der Waals surface area contributed by atoms with Crippen molar-refractivity contribution >= 4 is 27.5 Å². The molecular formula is C18H24N2O5S. The summed E-state index contributed by atoms with van der Waals surface area (Å²) in [5, 5.41) is 0. The lowest BCUT2D eigenvalue weighted by atomic mass is 10.1. The molecule has 0 bridgehead atoms. The summed E-state index contributed by atoms with van der Waals surface area (Å²) in [6.45, 7) is 1.62. The third-order valence-electron chi connectivity index (χ3n) is 4.91. The Morgan fingerprint density at radius 2 is 1.88 bits per heavy atom. The highest BCUT2D eigenvalue weighted by Gasteiger charge is 2.31. The number of carbonyl (C=O) groups is 2. The highest BCUT2D eigenvalue weighted by molar-refractivity contribution is 7.89. The van der Waals surface area contributed by atoms with Crippen molar-refractivity contribution in [3.8, 4) is 0 Å². The number of ketones is 1. The molecule has 1 saturated carbocycles. The fraction of sp³-hybridized carbons (Fsp3) is 0.556. The molecule has 0 aromatic heterocycles. The molecule has 1 saturated heterocycles. The van der Waals surface area contributed by atoms with Gasteiger partial charge in [-0.05, 0) is 43.9 Å². The van der Waals surface area contributed by atoms with Gasteiger partial charge in [0.1, 0.15) is 0 Å². The molecule has 0 N–H and O–H groups in total. The van der Waals surface area contributed by atoms with E-state index >= 15 is 0 Å². The molecule has 1 aliphatic heterocycles. The van der Waals surface area contributed by atoms with Crippen molar-refractivity contribution in [2.75, 3.05) is 32.1 Å². The van der Waals surface area contributed by atoms with Gasteiger partial charge in [-0.1, -0.05) is 0 Å². The summed E-state index contributed by atoms with van der Waals surface area (Å²) in [5.41, 5.74) is 0.866. The van der Waals surface area contributed by atoms with Crippen LogP contribution >= 0.6 is 0 Å². The van der Waals surface area contributed by atoms with E-state index in [4.69, 9.17) is 4.74 Å². The first-order valence-electron chi connectivity index (χ1n) is 8.86. The predicted molar refractivity (Wildman–Crippen MR) is 96.8 cm³/mol. The number of sulfonamides is 1. The van der Waals surface area contributed by atoms with Crippen molar-refractivity contribution in [3.05, 3.63) is 23.8 Å². The lowest BCUT2D eigenvalue weighted by Crippen LogP contribution is -2.27.